The summed E-state index contributed by atoms with van der Waals surface area (Å²) in [4.78, 5) is 17.9. The Morgan fingerprint density at radius 2 is 1.48 bits per heavy atom. The number of rotatable bonds is 5. The first-order valence-electron chi connectivity index (χ1n) is 10.3. The maximum atomic E-state index is 12.9. The van der Waals surface area contributed by atoms with E-state index in [4.69, 9.17) is 0 Å². The van der Waals surface area contributed by atoms with Gasteiger partial charge in [0, 0.05) is 13.1 Å². The minimum atomic E-state index is -0.0574. The Kier molecular flexibility index (Phi) is 5.70. The second kappa shape index (κ2) is 8.37. The molecule has 3 heteroatoms. The molecule has 4 rings (SSSR count). The molecule has 2 heterocycles. The zero-order chi connectivity index (χ0) is 18.6. The Morgan fingerprint density at radius 3 is 2.19 bits per heavy atom. The molecule has 2 aliphatic rings. The van der Waals surface area contributed by atoms with E-state index < -0.39 is 0 Å². The van der Waals surface area contributed by atoms with Gasteiger partial charge in [-0.1, -0.05) is 61.0 Å². The van der Waals surface area contributed by atoms with Crippen LogP contribution in [0.1, 0.15) is 48.9 Å². The van der Waals surface area contributed by atoms with Crippen LogP contribution in [0.15, 0.2) is 54.6 Å². The summed E-state index contributed by atoms with van der Waals surface area (Å²) in [6.45, 7) is 5.80. The lowest BCUT2D eigenvalue weighted by Crippen LogP contribution is -2.52. The van der Waals surface area contributed by atoms with Gasteiger partial charge >= 0.3 is 0 Å². The van der Waals surface area contributed by atoms with Crippen molar-refractivity contribution in [2.75, 3.05) is 19.6 Å². The monoisotopic (exact) mass is 362 g/mol. The van der Waals surface area contributed by atoms with Gasteiger partial charge in [-0.25, -0.2) is 0 Å². The SMILES string of the molecule is CC(=O)C(C(c1ccccc1)N1CCc2ccccc2C1)N1CCCCC1. The smallest absolute Gasteiger partial charge is 0.148 e. The molecule has 0 bridgehead atoms. The van der Waals surface area contributed by atoms with Crippen molar-refractivity contribution < 1.29 is 4.79 Å². The van der Waals surface area contributed by atoms with E-state index in [0.29, 0.717) is 5.78 Å². The summed E-state index contributed by atoms with van der Waals surface area (Å²) in [7, 11) is 0. The minimum Gasteiger partial charge on any atom is -0.298 e. The van der Waals surface area contributed by atoms with Crippen LogP contribution < -0.4 is 0 Å². The van der Waals surface area contributed by atoms with Gasteiger partial charge in [0.1, 0.15) is 5.78 Å². The summed E-state index contributed by atoms with van der Waals surface area (Å²) < 4.78 is 0. The third kappa shape index (κ3) is 3.99. The predicted molar refractivity (Wildman–Crippen MR) is 110 cm³/mol. The molecule has 3 nitrogen and oxygen atoms in total. The molecule has 0 N–H and O–H groups in total. The normalized spacial score (nSPS) is 20.6. The molecule has 2 aromatic rings. The quantitative estimate of drug-likeness (QED) is 0.795. The third-order valence-corrected chi connectivity index (χ3v) is 6.19. The van der Waals surface area contributed by atoms with Crippen molar-refractivity contribution in [2.45, 2.75) is 51.2 Å². The van der Waals surface area contributed by atoms with Crippen molar-refractivity contribution in [2.24, 2.45) is 0 Å². The molecule has 2 unspecified atom stereocenters. The third-order valence-electron chi connectivity index (χ3n) is 6.19. The Labute approximate surface area is 163 Å². The molecule has 142 valence electrons. The first-order chi connectivity index (χ1) is 13.2. The van der Waals surface area contributed by atoms with Crippen LogP contribution in [0.4, 0.5) is 0 Å². The summed E-state index contributed by atoms with van der Waals surface area (Å²) in [5, 5.41) is 0. The molecule has 1 saturated heterocycles. The molecule has 27 heavy (non-hydrogen) atoms. The summed E-state index contributed by atoms with van der Waals surface area (Å²) in [5.74, 6) is 0.296. The van der Waals surface area contributed by atoms with Crippen molar-refractivity contribution in [3.05, 3.63) is 71.3 Å². The van der Waals surface area contributed by atoms with Crippen LogP contribution in [0.25, 0.3) is 0 Å². The Balaban J connectivity index is 1.69. The molecule has 2 aromatic carbocycles. The van der Waals surface area contributed by atoms with Crippen molar-refractivity contribution in [3.8, 4) is 0 Å². The molecule has 0 amide bonds. The summed E-state index contributed by atoms with van der Waals surface area (Å²) in [6, 6.07) is 19.5. The summed E-state index contributed by atoms with van der Waals surface area (Å²) >= 11 is 0. The number of benzene rings is 2. The summed E-state index contributed by atoms with van der Waals surface area (Å²) in [5.41, 5.74) is 4.13. The van der Waals surface area contributed by atoms with Gasteiger partial charge < -0.3 is 0 Å². The highest BCUT2D eigenvalue weighted by molar-refractivity contribution is 5.82. The molecular weight excluding hydrogens is 332 g/mol. The van der Waals surface area contributed by atoms with Gasteiger partial charge in [-0.05, 0) is 56.0 Å². The van der Waals surface area contributed by atoms with Crippen molar-refractivity contribution in [3.63, 3.8) is 0 Å². The molecule has 0 saturated carbocycles. The second-order valence-corrected chi connectivity index (χ2v) is 8.00. The average molecular weight is 363 g/mol. The maximum Gasteiger partial charge on any atom is 0.148 e. The molecule has 0 aromatic heterocycles. The number of hydrogen-bond donors (Lipinski definition) is 0. The number of Topliss-reactive ketones (excluding diaryl/α,β-unsaturated/α-hetero) is 1. The lowest BCUT2D eigenvalue weighted by Gasteiger charge is -2.44. The number of likely N-dealkylation sites (tertiary alicyclic amines) is 1. The number of piperidine rings is 1. The van der Waals surface area contributed by atoms with Gasteiger partial charge in [-0.15, -0.1) is 0 Å². The average Bonchev–Trinajstić information content (AvgIpc) is 2.72. The van der Waals surface area contributed by atoms with E-state index >= 15 is 0 Å². The number of carbonyl (C=O) groups excluding carboxylic acids is 1. The highest BCUT2D eigenvalue weighted by Gasteiger charge is 2.37. The largest absolute Gasteiger partial charge is 0.298 e. The van der Waals surface area contributed by atoms with E-state index in [1.165, 1.54) is 36.0 Å². The topological polar surface area (TPSA) is 23.6 Å². The first-order valence-corrected chi connectivity index (χ1v) is 10.3. The van der Waals surface area contributed by atoms with Crippen molar-refractivity contribution >= 4 is 5.78 Å². The molecule has 2 atom stereocenters. The Hall–Kier alpha value is -1.97. The fourth-order valence-corrected chi connectivity index (χ4v) is 4.87. The number of fused-ring (bicyclic) bond motifs is 1. The van der Waals surface area contributed by atoms with Gasteiger partial charge in [0.2, 0.25) is 0 Å². The van der Waals surface area contributed by atoms with E-state index in [0.717, 1.165) is 32.6 Å². The molecule has 0 spiro atoms. The van der Waals surface area contributed by atoms with Crippen molar-refractivity contribution in [1.29, 1.82) is 0 Å². The Bertz CT molecular complexity index is 767. The Morgan fingerprint density at radius 1 is 0.815 bits per heavy atom. The van der Waals surface area contributed by atoms with E-state index in [9.17, 15) is 4.79 Å². The van der Waals surface area contributed by atoms with Crippen LogP contribution in [-0.2, 0) is 17.8 Å². The van der Waals surface area contributed by atoms with Crippen LogP contribution >= 0.6 is 0 Å². The van der Waals surface area contributed by atoms with Crippen LogP contribution in [0.5, 0.6) is 0 Å². The lowest BCUT2D eigenvalue weighted by atomic mass is 9.89. The predicted octanol–water partition coefficient (Wildman–Crippen LogP) is 4.23. The molecule has 1 fully saturated rings. The van der Waals surface area contributed by atoms with Crippen LogP contribution in [-0.4, -0.2) is 41.3 Å². The number of nitrogens with zero attached hydrogens (tertiary/aromatic N) is 2. The van der Waals surface area contributed by atoms with E-state index in [-0.39, 0.29) is 12.1 Å². The molecule has 2 aliphatic heterocycles. The van der Waals surface area contributed by atoms with Crippen LogP contribution in [0, 0.1) is 0 Å². The van der Waals surface area contributed by atoms with E-state index in [2.05, 4.69) is 64.4 Å². The van der Waals surface area contributed by atoms with E-state index in [1.807, 2.05) is 0 Å². The van der Waals surface area contributed by atoms with Gasteiger partial charge in [-0.2, -0.15) is 0 Å². The van der Waals surface area contributed by atoms with Gasteiger partial charge in [0.25, 0.3) is 0 Å². The second-order valence-electron chi connectivity index (χ2n) is 8.00. The van der Waals surface area contributed by atoms with Crippen LogP contribution in [0.3, 0.4) is 0 Å². The maximum absolute atomic E-state index is 12.9. The minimum absolute atomic E-state index is 0.0574. The lowest BCUT2D eigenvalue weighted by molar-refractivity contribution is -0.125. The number of hydrogen-bond acceptors (Lipinski definition) is 3. The van der Waals surface area contributed by atoms with Gasteiger partial charge in [-0.3, -0.25) is 14.6 Å². The number of carbonyl (C=O) groups is 1. The summed E-state index contributed by atoms with van der Waals surface area (Å²) in [6.07, 6.45) is 4.75. The molecule has 0 aliphatic carbocycles. The highest BCUT2D eigenvalue weighted by Crippen LogP contribution is 2.34. The fourth-order valence-electron chi connectivity index (χ4n) is 4.87. The van der Waals surface area contributed by atoms with Gasteiger partial charge in [0.05, 0.1) is 12.1 Å². The zero-order valence-electron chi connectivity index (χ0n) is 16.3. The fraction of sp³-hybridized carbons (Fsp3) is 0.458. The standard InChI is InChI=1S/C24H30N2O/c1-19(27)23(25-15-8-3-9-16-25)24(21-11-4-2-5-12-21)26-17-14-20-10-6-7-13-22(20)18-26/h2,4-7,10-13,23-24H,3,8-9,14-18H2,1H3. The van der Waals surface area contributed by atoms with Gasteiger partial charge in [0.15, 0.2) is 0 Å². The van der Waals surface area contributed by atoms with Crippen molar-refractivity contribution in [1.82, 2.24) is 9.80 Å². The van der Waals surface area contributed by atoms with E-state index in [1.54, 1.807) is 6.92 Å². The highest BCUT2D eigenvalue weighted by atomic mass is 16.1. The molecule has 0 radical (unpaired) electrons. The number of ketones is 1. The molecular formula is C24H30N2O. The first kappa shape index (κ1) is 18.4. The van der Waals surface area contributed by atoms with Crippen LogP contribution in [0.2, 0.25) is 0 Å². The zero-order valence-corrected chi connectivity index (χ0v) is 16.3.